The predicted molar refractivity (Wildman–Crippen MR) is 137 cm³/mol. The van der Waals surface area contributed by atoms with Gasteiger partial charge in [-0.3, -0.25) is 24.6 Å². The van der Waals surface area contributed by atoms with Crippen LogP contribution < -0.4 is 5.32 Å². The molecule has 0 aliphatic carbocycles. The molecule has 3 aromatic rings. The van der Waals surface area contributed by atoms with Gasteiger partial charge in [0.1, 0.15) is 5.54 Å². The van der Waals surface area contributed by atoms with Gasteiger partial charge in [-0.1, -0.05) is 35.3 Å². The topological polar surface area (TPSA) is 92.5 Å². The number of ketones is 1. The van der Waals surface area contributed by atoms with Crippen LogP contribution in [-0.4, -0.2) is 34.1 Å². The maximum Gasteiger partial charge on any atom is 0.269 e. The van der Waals surface area contributed by atoms with Crippen molar-refractivity contribution in [2.45, 2.75) is 30.3 Å². The minimum absolute atomic E-state index is 0.0463. The molecule has 0 saturated carbocycles. The van der Waals surface area contributed by atoms with Gasteiger partial charge in [-0.15, -0.1) is 0 Å². The number of nitrogens with one attached hydrogen (secondary N) is 1. The van der Waals surface area contributed by atoms with Crippen LogP contribution in [0.5, 0.6) is 0 Å². The molecule has 6 rings (SSSR count). The number of benzene rings is 3. The van der Waals surface area contributed by atoms with Crippen molar-refractivity contribution >= 4 is 46.3 Å². The van der Waals surface area contributed by atoms with Crippen molar-refractivity contribution in [1.29, 1.82) is 0 Å². The van der Waals surface area contributed by atoms with Crippen LogP contribution in [0.3, 0.4) is 0 Å². The number of carbonyl (C=O) groups excluding carboxylic acids is 2. The third-order valence-corrected chi connectivity index (χ3v) is 8.33. The number of anilines is 1. The molecule has 7 nitrogen and oxygen atoms in total. The summed E-state index contributed by atoms with van der Waals surface area (Å²) in [5.41, 5.74) is 1.08. The molecule has 0 aromatic heterocycles. The molecular formula is C27H21Cl2N3O4. The Morgan fingerprint density at radius 2 is 1.81 bits per heavy atom. The SMILES string of the molecule is O=C(c1ccc(Cl)cc1)C1C(c2cccc([N+](=O)[O-])c2)C2CCCN2[C@@]12C(=O)Nc1ccc(Cl)cc12. The first kappa shape index (κ1) is 23.2. The van der Waals surface area contributed by atoms with Gasteiger partial charge in [0.05, 0.1) is 10.8 Å². The molecule has 3 aliphatic rings. The third-order valence-electron chi connectivity index (χ3n) is 7.84. The Balaban J connectivity index is 1.62. The number of non-ortho nitro benzene ring substituents is 1. The van der Waals surface area contributed by atoms with Crippen molar-refractivity contribution in [2.24, 2.45) is 5.92 Å². The summed E-state index contributed by atoms with van der Waals surface area (Å²) in [6, 6.07) is 18.2. The Bertz CT molecular complexity index is 1430. The maximum atomic E-state index is 14.4. The Morgan fingerprint density at radius 3 is 2.56 bits per heavy atom. The summed E-state index contributed by atoms with van der Waals surface area (Å²) >= 11 is 12.5. The summed E-state index contributed by atoms with van der Waals surface area (Å²) in [6.45, 7) is 0.625. The number of nitrogens with zero attached hydrogens (tertiary/aromatic N) is 2. The van der Waals surface area contributed by atoms with E-state index < -0.39 is 22.3 Å². The number of halogens is 2. The third kappa shape index (κ3) is 3.23. The zero-order chi connectivity index (χ0) is 25.2. The molecule has 3 aromatic carbocycles. The number of nitro groups is 1. The molecule has 1 amide bonds. The van der Waals surface area contributed by atoms with Gasteiger partial charge in [-0.25, -0.2) is 0 Å². The number of fused-ring (bicyclic) bond motifs is 4. The smallest absolute Gasteiger partial charge is 0.269 e. The number of hydrogen-bond acceptors (Lipinski definition) is 5. The van der Waals surface area contributed by atoms with E-state index in [0.717, 1.165) is 12.8 Å². The standard InChI is InChI=1S/C27H21Cl2N3O4/c28-17-8-6-15(7-9-17)25(33)24-23(16-3-1-4-19(13-16)32(35)36)22-5-2-12-31(22)27(24)20-14-18(29)10-11-21(20)30-26(27)34/h1,3-4,6-11,13-14,22-24H,2,5,12H2,(H,30,34)/t22?,23?,24?,27-/m1/s1. The lowest BCUT2D eigenvalue weighted by Gasteiger charge is -2.37. The van der Waals surface area contributed by atoms with Gasteiger partial charge >= 0.3 is 0 Å². The summed E-state index contributed by atoms with van der Waals surface area (Å²) in [6.07, 6.45) is 1.62. The van der Waals surface area contributed by atoms with E-state index >= 15 is 0 Å². The average molecular weight is 522 g/mol. The van der Waals surface area contributed by atoms with Crippen LogP contribution in [0.1, 0.15) is 40.2 Å². The molecule has 3 unspecified atom stereocenters. The van der Waals surface area contributed by atoms with Crippen LogP contribution in [0.25, 0.3) is 0 Å². The molecule has 9 heteroatoms. The molecule has 0 bridgehead atoms. The molecule has 4 atom stereocenters. The zero-order valence-electron chi connectivity index (χ0n) is 19.0. The quantitative estimate of drug-likeness (QED) is 0.265. The van der Waals surface area contributed by atoms with Crippen molar-refractivity contribution in [3.05, 3.63) is 104 Å². The fourth-order valence-corrected chi connectivity index (χ4v) is 6.84. The molecule has 1 N–H and O–H groups in total. The van der Waals surface area contributed by atoms with Crippen molar-refractivity contribution < 1.29 is 14.5 Å². The molecule has 1 spiro atoms. The first-order valence-electron chi connectivity index (χ1n) is 11.7. The highest BCUT2D eigenvalue weighted by molar-refractivity contribution is 6.31. The minimum Gasteiger partial charge on any atom is -0.324 e. The lowest BCUT2D eigenvalue weighted by Crippen LogP contribution is -2.52. The van der Waals surface area contributed by atoms with Gasteiger partial charge in [0.15, 0.2) is 5.78 Å². The van der Waals surface area contributed by atoms with Crippen LogP contribution in [0, 0.1) is 16.0 Å². The highest BCUT2D eigenvalue weighted by Gasteiger charge is 2.69. The van der Waals surface area contributed by atoms with Gasteiger partial charge in [-0.2, -0.15) is 0 Å². The Morgan fingerprint density at radius 1 is 1.06 bits per heavy atom. The first-order chi connectivity index (χ1) is 17.3. The Labute approximate surface area is 217 Å². The lowest BCUT2D eigenvalue weighted by atomic mass is 9.68. The number of hydrogen-bond donors (Lipinski definition) is 1. The second kappa shape index (κ2) is 8.40. The number of carbonyl (C=O) groups is 2. The number of nitro benzene ring substituents is 1. The van der Waals surface area contributed by atoms with E-state index in [1.165, 1.54) is 12.1 Å². The number of amides is 1. The number of Topliss-reactive ketones (excluding diaryl/α,β-unsaturated/α-hetero) is 1. The monoisotopic (exact) mass is 521 g/mol. The molecule has 3 heterocycles. The molecule has 0 radical (unpaired) electrons. The maximum absolute atomic E-state index is 14.4. The van der Waals surface area contributed by atoms with Crippen molar-refractivity contribution in [2.75, 3.05) is 11.9 Å². The molecule has 2 fully saturated rings. The largest absolute Gasteiger partial charge is 0.324 e. The Kier molecular flexibility index (Phi) is 5.41. The van der Waals surface area contributed by atoms with Crippen LogP contribution >= 0.6 is 23.2 Å². The predicted octanol–water partition coefficient (Wildman–Crippen LogP) is 5.81. The van der Waals surface area contributed by atoms with Crippen LogP contribution in [0.2, 0.25) is 10.0 Å². The molecule has 3 aliphatic heterocycles. The van der Waals surface area contributed by atoms with E-state index in [9.17, 15) is 19.7 Å². The van der Waals surface area contributed by atoms with Gasteiger partial charge in [-0.05, 0) is 67.4 Å². The Hall–Kier alpha value is -3.26. The van der Waals surface area contributed by atoms with E-state index in [4.69, 9.17) is 23.2 Å². The van der Waals surface area contributed by atoms with E-state index in [-0.39, 0.29) is 23.4 Å². The second-order valence-corrected chi connectivity index (χ2v) is 10.4. The van der Waals surface area contributed by atoms with Crippen molar-refractivity contribution in [3.63, 3.8) is 0 Å². The normalized spacial score (nSPS) is 26.6. The summed E-state index contributed by atoms with van der Waals surface area (Å²) in [5.74, 6) is -1.75. The van der Waals surface area contributed by atoms with Gasteiger partial charge in [0.2, 0.25) is 5.91 Å². The van der Waals surface area contributed by atoms with E-state index in [0.29, 0.717) is 39.0 Å². The average Bonchev–Trinajstić information content (AvgIpc) is 3.52. The minimum atomic E-state index is -1.28. The van der Waals surface area contributed by atoms with E-state index in [2.05, 4.69) is 10.2 Å². The molecule has 36 heavy (non-hydrogen) atoms. The van der Waals surface area contributed by atoms with Crippen LogP contribution in [0.4, 0.5) is 11.4 Å². The summed E-state index contributed by atoms with van der Waals surface area (Å²) in [4.78, 5) is 41.7. The number of rotatable bonds is 4. The van der Waals surface area contributed by atoms with E-state index in [1.807, 2.05) is 6.07 Å². The zero-order valence-corrected chi connectivity index (χ0v) is 20.5. The highest BCUT2D eigenvalue weighted by atomic mass is 35.5. The van der Waals surface area contributed by atoms with Gasteiger partial charge in [0, 0.05) is 51.0 Å². The molecule has 2 saturated heterocycles. The van der Waals surface area contributed by atoms with Gasteiger partial charge in [0.25, 0.3) is 5.69 Å². The lowest BCUT2D eigenvalue weighted by molar-refractivity contribution is -0.384. The van der Waals surface area contributed by atoms with Crippen LogP contribution in [0.15, 0.2) is 66.7 Å². The molecule has 182 valence electrons. The van der Waals surface area contributed by atoms with E-state index in [1.54, 1.807) is 48.5 Å². The highest BCUT2D eigenvalue weighted by Crippen LogP contribution is 2.61. The van der Waals surface area contributed by atoms with Crippen LogP contribution in [-0.2, 0) is 10.3 Å². The van der Waals surface area contributed by atoms with Crippen molar-refractivity contribution in [1.82, 2.24) is 4.90 Å². The summed E-state index contributed by atoms with van der Waals surface area (Å²) in [7, 11) is 0. The van der Waals surface area contributed by atoms with Crippen molar-refractivity contribution in [3.8, 4) is 0 Å². The van der Waals surface area contributed by atoms with Gasteiger partial charge < -0.3 is 5.32 Å². The fourth-order valence-electron chi connectivity index (χ4n) is 6.55. The first-order valence-corrected chi connectivity index (χ1v) is 12.5. The fraction of sp³-hybridized carbons (Fsp3) is 0.259. The summed E-state index contributed by atoms with van der Waals surface area (Å²) < 4.78 is 0. The second-order valence-electron chi connectivity index (χ2n) is 9.54. The summed E-state index contributed by atoms with van der Waals surface area (Å²) in [5, 5.41) is 15.6. The molecular weight excluding hydrogens is 501 g/mol.